The predicted octanol–water partition coefficient (Wildman–Crippen LogP) is 2.92. The van der Waals surface area contributed by atoms with E-state index in [1.54, 1.807) is 25.2 Å². The van der Waals surface area contributed by atoms with Crippen molar-refractivity contribution < 1.29 is 28.5 Å². The van der Waals surface area contributed by atoms with Gasteiger partial charge in [0.05, 0.1) is 32.6 Å². The fraction of sp³-hybridized carbons (Fsp3) is 0.286. The van der Waals surface area contributed by atoms with Crippen LogP contribution in [-0.2, 0) is 11.2 Å². The van der Waals surface area contributed by atoms with Crippen LogP contribution in [0.1, 0.15) is 27.0 Å². The summed E-state index contributed by atoms with van der Waals surface area (Å²) in [5.74, 6) is 2.87. The number of hydrogen-bond donors (Lipinski definition) is 0. The lowest BCUT2D eigenvalue weighted by atomic mass is 9.99. The normalized spacial score (nSPS) is 16.4. The van der Waals surface area contributed by atoms with Crippen molar-refractivity contribution in [3.05, 3.63) is 46.5 Å². The quantitative estimate of drug-likeness (QED) is 0.815. The first-order valence-electron chi connectivity index (χ1n) is 8.96. The highest BCUT2D eigenvalue weighted by Crippen LogP contribution is 2.48. The third-order valence-electron chi connectivity index (χ3n) is 5.40. The van der Waals surface area contributed by atoms with Crippen LogP contribution in [0.15, 0.2) is 24.3 Å². The molecule has 0 radical (unpaired) electrons. The summed E-state index contributed by atoms with van der Waals surface area (Å²) in [4.78, 5) is 15.0. The lowest BCUT2D eigenvalue weighted by Gasteiger charge is -2.18. The van der Waals surface area contributed by atoms with Gasteiger partial charge in [0.25, 0.3) is 5.91 Å². The second-order valence-electron chi connectivity index (χ2n) is 6.67. The van der Waals surface area contributed by atoms with Crippen LogP contribution in [0.2, 0.25) is 0 Å². The molecule has 7 nitrogen and oxygen atoms in total. The van der Waals surface area contributed by atoms with Gasteiger partial charge in [-0.3, -0.25) is 4.79 Å². The van der Waals surface area contributed by atoms with Crippen LogP contribution in [0.5, 0.6) is 23.0 Å². The Morgan fingerprint density at radius 1 is 0.964 bits per heavy atom. The molecule has 0 fully saturated rings. The number of hydrogen-bond acceptors (Lipinski definition) is 6. The predicted molar refractivity (Wildman–Crippen MR) is 101 cm³/mol. The van der Waals surface area contributed by atoms with Crippen LogP contribution in [-0.4, -0.2) is 45.5 Å². The summed E-state index contributed by atoms with van der Waals surface area (Å²) in [6.07, 6.45) is 0.668. The Morgan fingerprint density at radius 2 is 1.75 bits per heavy atom. The molecule has 5 rings (SSSR count). The fourth-order valence-corrected chi connectivity index (χ4v) is 4.15. The molecule has 28 heavy (non-hydrogen) atoms. The highest BCUT2D eigenvalue weighted by Gasteiger charge is 2.41. The number of carbonyl (C=O) groups is 1. The van der Waals surface area contributed by atoms with Crippen LogP contribution in [0.4, 0.5) is 0 Å². The molecule has 0 atom stereocenters. The Labute approximate surface area is 162 Å². The van der Waals surface area contributed by atoms with Gasteiger partial charge in [-0.1, -0.05) is 0 Å². The van der Waals surface area contributed by atoms with Gasteiger partial charge in [-0.25, -0.2) is 0 Å². The highest BCUT2D eigenvalue weighted by atomic mass is 16.7. The summed E-state index contributed by atoms with van der Waals surface area (Å²) in [5.41, 5.74) is 3.96. The van der Waals surface area contributed by atoms with Crippen LogP contribution < -0.4 is 18.9 Å². The number of ether oxygens (including phenoxy) is 5. The molecule has 1 amide bonds. The standard InChI is InChI=1S/C21H19NO6/c1-24-14-5-4-12-17(20(14)26-3)21(23)22-7-6-11-8-15-16(28-10-27-15)9-13(11)19(25-2)18(12)22/h4-5,8-9H,6-7,10H2,1-3H3. The molecule has 0 bridgehead atoms. The van der Waals surface area contributed by atoms with Crippen molar-refractivity contribution in [3.63, 3.8) is 0 Å². The first-order chi connectivity index (χ1) is 13.7. The molecule has 0 unspecified atom stereocenters. The summed E-state index contributed by atoms with van der Waals surface area (Å²) in [6, 6.07) is 7.58. The molecule has 2 aromatic carbocycles. The zero-order valence-electron chi connectivity index (χ0n) is 15.8. The van der Waals surface area contributed by atoms with Gasteiger partial charge in [-0.2, -0.15) is 0 Å². The molecular weight excluding hydrogens is 362 g/mol. The maximum Gasteiger partial charge on any atom is 0.263 e. The maximum absolute atomic E-state index is 13.3. The van der Waals surface area contributed by atoms with Crippen LogP contribution >= 0.6 is 0 Å². The molecule has 7 heteroatoms. The average Bonchev–Trinajstić information content (AvgIpc) is 3.23. The highest BCUT2D eigenvalue weighted by molar-refractivity contribution is 6.15. The first kappa shape index (κ1) is 16.8. The van der Waals surface area contributed by atoms with Crippen LogP contribution in [0.25, 0.3) is 11.5 Å². The van der Waals surface area contributed by atoms with Crippen molar-refractivity contribution in [2.24, 2.45) is 0 Å². The molecule has 0 aliphatic carbocycles. The topological polar surface area (TPSA) is 66.5 Å². The Hall–Kier alpha value is -3.35. The van der Waals surface area contributed by atoms with Gasteiger partial charge in [-0.05, 0) is 36.2 Å². The van der Waals surface area contributed by atoms with Crippen LogP contribution in [0, 0.1) is 0 Å². The number of carbonyl (C=O) groups excluding carboxylic acids is 1. The zero-order valence-corrected chi connectivity index (χ0v) is 15.8. The summed E-state index contributed by atoms with van der Waals surface area (Å²) >= 11 is 0. The van der Waals surface area contributed by atoms with Crippen molar-refractivity contribution in [2.75, 3.05) is 34.7 Å². The van der Waals surface area contributed by atoms with Crippen molar-refractivity contribution in [1.82, 2.24) is 4.90 Å². The molecule has 0 N–H and O–H groups in total. The van der Waals surface area contributed by atoms with E-state index in [2.05, 4.69) is 0 Å². The molecule has 0 saturated heterocycles. The third kappa shape index (κ3) is 2.13. The Bertz CT molecular complexity index is 1040. The van der Waals surface area contributed by atoms with E-state index < -0.39 is 0 Å². The Kier molecular flexibility index (Phi) is 3.65. The Balaban J connectivity index is 1.79. The average molecular weight is 381 g/mol. The minimum Gasteiger partial charge on any atom is -0.494 e. The molecule has 3 aliphatic rings. The van der Waals surface area contributed by atoms with Crippen LogP contribution in [0.3, 0.4) is 0 Å². The molecule has 0 saturated carbocycles. The van der Waals surface area contributed by atoms with E-state index in [1.807, 2.05) is 18.2 Å². The molecule has 3 heterocycles. The summed E-state index contributed by atoms with van der Waals surface area (Å²) in [7, 11) is 4.71. The number of benzene rings is 2. The van der Waals surface area contributed by atoms with E-state index in [4.69, 9.17) is 23.7 Å². The minimum atomic E-state index is -0.122. The number of nitrogens with zero attached hydrogens (tertiary/aromatic N) is 1. The van der Waals surface area contributed by atoms with Gasteiger partial charge in [-0.15, -0.1) is 0 Å². The third-order valence-corrected chi connectivity index (χ3v) is 5.40. The van der Waals surface area contributed by atoms with Gasteiger partial charge < -0.3 is 28.6 Å². The molecule has 2 aromatic rings. The lowest BCUT2D eigenvalue weighted by Crippen LogP contribution is -2.25. The number of amides is 1. The first-order valence-corrected chi connectivity index (χ1v) is 8.96. The number of methoxy groups -OCH3 is 3. The van der Waals surface area contributed by atoms with E-state index in [9.17, 15) is 4.79 Å². The van der Waals surface area contributed by atoms with E-state index in [1.165, 1.54) is 7.11 Å². The Morgan fingerprint density at radius 3 is 2.46 bits per heavy atom. The summed E-state index contributed by atoms with van der Waals surface area (Å²) < 4.78 is 27.8. The van der Waals surface area contributed by atoms with Gasteiger partial charge in [0, 0.05) is 17.7 Å². The SMILES string of the molecule is COC1=C2c3ccc(OC)c(OC)c3C(=O)N2CCc2cc3c(cc21)OCO3. The van der Waals surface area contributed by atoms with Gasteiger partial charge in [0.15, 0.2) is 28.8 Å². The fourth-order valence-electron chi connectivity index (χ4n) is 4.15. The second kappa shape index (κ2) is 6.09. The minimum absolute atomic E-state index is 0.122. The second-order valence-corrected chi connectivity index (χ2v) is 6.67. The van der Waals surface area contributed by atoms with E-state index >= 15 is 0 Å². The molecular formula is C21H19NO6. The lowest BCUT2D eigenvalue weighted by molar-refractivity contribution is 0.0847. The molecule has 144 valence electrons. The molecule has 0 aromatic heterocycles. The van der Waals surface area contributed by atoms with E-state index in [0.29, 0.717) is 41.5 Å². The van der Waals surface area contributed by atoms with Crippen molar-refractivity contribution >= 4 is 17.4 Å². The number of rotatable bonds is 3. The van der Waals surface area contributed by atoms with Gasteiger partial charge in [0.2, 0.25) is 6.79 Å². The van der Waals surface area contributed by atoms with Gasteiger partial charge in [0.1, 0.15) is 0 Å². The summed E-state index contributed by atoms with van der Waals surface area (Å²) in [5, 5.41) is 0. The summed E-state index contributed by atoms with van der Waals surface area (Å²) in [6.45, 7) is 0.732. The molecule has 3 aliphatic heterocycles. The van der Waals surface area contributed by atoms with Crippen molar-refractivity contribution in [1.29, 1.82) is 0 Å². The van der Waals surface area contributed by atoms with E-state index in [0.717, 1.165) is 28.1 Å². The van der Waals surface area contributed by atoms with E-state index in [-0.39, 0.29) is 12.7 Å². The maximum atomic E-state index is 13.3. The van der Waals surface area contributed by atoms with Crippen molar-refractivity contribution in [2.45, 2.75) is 6.42 Å². The van der Waals surface area contributed by atoms with Gasteiger partial charge >= 0.3 is 0 Å². The number of fused-ring (bicyclic) bond motifs is 5. The monoisotopic (exact) mass is 381 g/mol. The zero-order chi connectivity index (χ0) is 19.4. The largest absolute Gasteiger partial charge is 0.494 e. The van der Waals surface area contributed by atoms with Crippen molar-refractivity contribution in [3.8, 4) is 23.0 Å². The smallest absolute Gasteiger partial charge is 0.263 e. The molecule has 0 spiro atoms.